The Hall–Kier alpha value is -5.56. The molecular weight excluding hydrogens is 1040 g/mol. The van der Waals surface area contributed by atoms with Crippen LogP contribution in [0.4, 0.5) is 23.2 Å². The lowest BCUT2D eigenvalue weighted by Crippen LogP contribution is -2.35. The van der Waals surface area contributed by atoms with Crippen LogP contribution in [-0.4, -0.2) is 189 Å². The number of aliphatic imine (C=N–C) groups is 1. The van der Waals surface area contributed by atoms with E-state index in [0.29, 0.717) is 148 Å². The molecule has 1 aliphatic heterocycles. The molecule has 4 rings (SSSR count). The topological polar surface area (TPSA) is 272 Å². The fourth-order valence-electron chi connectivity index (χ4n) is 6.67. The van der Waals surface area contributed by atoms with Gasteiger partial charge >= 0.3 is 5.97 Å². The van der Waals surface area contributed by atoms with Crippen molar-refractivity contribution in [1.29, 1.82) is 5.53 Å². The number of amides is 1. The Morgan fingerprint density at radius 1 is 0.727 bits per heavy atom. The highest BCUT2D eigenvalue weighted by atomic mass is 32.2. The van der Waals surface area contributed by atoms with Crippen LogP contribution in [0, 0.1) is 28.8 Å². The van der Waals surface area contributed by atoms with Crippen molar-refractivity contribution >= 4 is 41.5 Å². The molecule has 5 N–H and O–H groups in total. The lowest BCUT2D eigenvalue weighted by molar-refractivity contribution is -0.136. The van der Waals surface area contributed by atoms with Crippen LogP contribution in [0.2, 0.25) is 0 Å². The zero-order valence-electron chi connectivity index (χ0n) is 43.0. The number of halogens is 4. The molecule has 2 aromatic carbocycles. The van der Waals surface area contributed by atoms with Gasteiger partial charge in [0.05, 0.1) is 156 Å². The van der Waals surface area contributed by atoms with Gasteiger partial charge in [0.2, 0.25) is 17.4 Å². The van der Waals surface area contributed by atoms with Crippen molar-refractivity contribution in [3.8, 4) is 16.9 Å². The van der Waals surface area contributed by atoms with Gasteiger partial charge in [-0.3, -0.25) is 9.59 Å². The number of rotatable bonds is 43. The Morgan fingerprint density at radius 2 is 1.21 bits per heavy atom. The summed E-state index contributed by atoms with van der Waals surface area (Å²) in [5.41, 5.74) is 18.0. The number of aromatic nitrogens is 2. The third kappa shape index (κ3) is 24.8. The lowest BCUT2D eigenvalue weighted by atomic mass is 10.0. The van der Waals surface area contributed by atoms with Gasteiger partial charge < -0.3 is 72.6 Å². The number of carbonyl (C=O) groups is 2. The second-order valence-electron chi connectivity index (χ2n) is 16.1. The molecular formula is C50H68F4N8O14S. The fourth-order valence-corrected chi connectivity index (χ4v) is 7.01. The molecule has 27 heteroatoms. The number of nitrogens with zero attached hydrogens (tertiary/aromatic N) is 5. The maximum absolute atomic E-state index is 13.9. The van der Waals surface area contributed by atoms with E-state index < -0.39 is 58.3 Å². The second-order valence-corrected chi connectivity index (χ2v) is 16.7. The molecule has 2 heterocycles. The molecule has 22 nitrogen and oxygen atoms in total. The van der Waals surface area contributed by atoms with Gasteiger partial charge in [-0.15, -0.1) is 0 Å². The van der Waals surface area contributed by atoms with Gasteiger partial charge in [-0.1, -0.05) is 19.1 Å². The Balaban J connectivity index is 0.867. The van der Waals surface area contributed by atoms with E-state index in [4.69, 9.17) is 63.2 Å². The third-order valence-electron chi connectivity index (χ3n) is 10.4. The van der Waals surface area contributed by atoms with Crippen molar-refractivity contribution in [1.82, 2.24) is 20.2 Å². The first-order valence-electron chi connectivity index (χ1n) is 24.7. The van der Waals surface area contributed by atoms with Crippen LogP contribution in [0.1, 0.15) is 31.7 Å². The molecule has 0 bridgehead atoms. The summed E-state index contributed by atoms with van der Waals surface area (Å²) in [7, 11) is 0. The first-order chi connectivity index (χ1) is 37.6. The van der Waals surface area contributed by atoms with Gasteiger partial charge in [0.15, 0.2) is 11.6 Å². The van der Waals surface area contributed by atoms with Gasteiger partial charge in [0.25, 0.3) is 5.91 Å². The summed E-state index contributed by atoms with van der Waals surface area (Å²) in [4.78, 5) is 38.7. The molecule has 426 valence electrons. The van der Waals surface area contributed by atoms with Crippen molar-refractivity contribution in [2.45, 2.75) is 31.1 Å². The predicted octanol–water partition coefficient (Wildman–Crippen LogP) is 5.90. The number of benzene rings is 2. The quantitative estimate of drug-likeness (QED) is 0.00976. The van der Waals surface area contributed by atoms with E-state index >= 15 is 0 Å². The lowest BCUT2D eigenvalue weighted by Gasteiger charge is -2.23. The molecule has 1 aliphatic rings. The van der Waals surface area contributed by atoms with E-state index in [2.05, 4.69) is 30.1 Å². The summed E-state index contributed by atoms with van der Waals surface area (Å²) in [6.45, 7) is 9.64. The fraction of sp³-hybridized carbons (Fsp3) is 0.540. The first-order valence-corrected chi connectivity index (χ1v) is 25.5. The number of amidine groups is 1. The molecule has 0 fully saturated rings. The van der Waals surface area contributed by atoms with E-state index in [1.54, 1.807) is 23.5 Å². The highest BCUT2D eigenvalue weighted by Crippen LogP contribution is 2.35. The smallest absolute Gasteiger partial charge is 0.313 e. The van der Waals surface area contributed by atoms with Crippen molar-refractivity contribution < 1.29 is 83.8 Å². The molecule has 0 radical (unpaired) electrons. The molecule has 3 aromatic rings. The van der Waals surface area contributed by atoms with E-state index in [1.807, 2.05) is 31.2 Å². The monoisotopic (exact) mass is 1110 g/mol. The van der Waals surface area contributed by atoms with Crippen molar-refractivity contribution in [2.24, 2.45) is 15.8 Å². The number of hydrogen-bond donors (Lipinski definition) is 4. The maximum atomic E-state index is 13.9. The summed E-state index contributed by atoms with van der Waals surface area (Å²) in [5.74, 6) is -10.3. The highest BCUT2D eigenvalue weighted by Gasteiger charge is 2.29. The zero-order chi connectivity index (χ0) is 55.3. The van der Waals surface area contributed by atoms with E-state index in [-0.39, 0.29) is 45.3 Å². The van der Waals surface area contributed by atoms with Gasteiger partial charge in [-0.2, -0.15) is 13.9 Å². The number of esters is 1. The van der Waals surface area contributed by atoms with Crippen LogP contribution in [-0.2, 0) is 57.0 Å². The summed E-state index contributed by atoms with van der Waals surface area (Å²) in [6, 6.07) is 5.73. The summed E-state index contributed by atoms with van der Waals surface area (Å²) >= 11 is -0.521. The minimum Gasteiger partial charge on any atom is -0.420 e. The van der Waals surface area contributed by atoms with E-state index in [0.717, 1.165) is 16.7 Å². The van der Waals surface area contributed by atoms with Crippen LogP contribution in [0.15, 0.2) is 69.4 Å². The Labute approximate surface area is 448 Å². The number of nitrogens with one attached hydrogen (secondary N) is 2. The average molecular weight is 1110 g/mol. The number of hydrogen-bond acceptors (Lipinski definition) is 22. The Kier molecular flexibility index (Phi) is 32.3. The zero-order valence-corrected chi connectivity index (χ0v) is 43.8. The molecule has 77 heavy (non-hydrogen) atoms. The molecule has 0 atom stereocenters. The van der Waals surface area contributed by atoms with Crippen LogP contribution < -0.4 is 15.8 Å². The highest BCUT2D eigenvalue weighted by molar-refractivity contribution is 7.93. The van der Waals surface area contributed by atoms with Gasteiger partial charge in [-0.25, -0.2) is 29.3 Å². The summed E-state index contributed by atoms with van der Waals surface area (Å²) in [6.07, 6.45) is 8.78. The largest absolute Gasteiger partial charge is 0.420 e. The number of carbonyl (C=O) groups excluding carboxylic acids is 2. The molecule has 0 saturated heterocycles. The molecule has 1 amide bonds. The van der Waals surface area contributed by atoms with Crippen molar-refractivity contribution in [3.05, 3.63) is 83.2 Å². The number of fused-ring (bicyclic) bond motifs is 1. The predicted molar refractivity (Wildman–Crippen MR) is 273 cm³/mol. The summed E-state index contributed by atoms with van der Waals surface area (Å²) in [5, 5.41) is 6.76. The van der Waals surface area contributed by atoms with Gasteiger partial charge in [0.1, 0.15) is 17.1 Å². The first kappa shape index (κ1) is 64.0. The molecule has 0 unspecified atom stereocenters. The van der Waals surface area contributed by atoms with E-state index in [1.165, 1.54) is 6.33 Å². The Bertz CT molecular complexity index is 2300. The molecule has 1 aromatic heterocycles. The Morgan fingerprint density at radius 3 is 1.68 bits per heavy atom. The van der Waals surface area contributed by atoms with Crippen LogP contribution in [0.3, 0.4) is 0 Å². The van der Waals surface area contributed by atoms with E-state index in [9.17, 15) is 27.2 Å². The summed E-state index contributed by atoms with van der Waals surface area (Å²) < 4.78 is 123. The van der Waals surface area contributed by atoms with Crippen LogP contribution >= 0.6 is 12.0 Å². The van der Waals surface area contributed by atoms with Crippen LogP contribution in [0.5, 0.6) is 5.75 Å². The average Bonchev–Trinajstić information content (AvgIpc) is 3.61. The molecule has 0 saturated carbocycles. The maximum Gasteiger partial charge on any atom is 0.313 e. The normalized spacial score (nSPS) is 12.5. The minimum atomic E-state index is -1.95. The minimum absolute atomic E-state index is 0.0856. The van der Waals surface area contributed by atoms with Gasteiger partial charge in [-0.05, 0) is 24.1 Å². The van der Waals surface area contributed by atoms with Crippen LogP contribution in [0.25, 0.3) is 17.2 Å². The molecule has 0 aliphatic carbocycles. The molecule has 0 spiro atoms. The third-order valence-corrected chi connectivity index (χ3v) is 10.9. The number of ether oxygens (including phenoxy) is 11. The van der Waals surface area contributed by atoms with Gasteiger partial charge in [0, 0.05) is 66.8 Å². The number of nitrogens with two attached hydrogens (primary N) is 1. The standard InChI is InChI=1S/C50H68F4N8O14S/c1-2-7-62(50(64)38-28-37-4-3-36(39-31-58-35-59-32-39)29-41(37)60-42(55)30-38)34-40(61-56)33-57-6-9-67-11-13-69-15-17-71-19-21-73-23-25-75-27-26-74-24-22-72-20-18-70-16-14-68-12-10-66-8-5-43(63)76-48-44(51)46(53)49(77-65)47(54)45(48)52/h3-4,28-29,31-33,35,56-57,65H,2,5-27,30,34H2,1H3,(H2,55,60)/b40-33-,61-56?. The second kappa shape index (κ2) is 38.9. The SMILES string of the molecule is CCCN(C/C(=C/NCCOCCOCCOCCOCCOCCOCCOCCOCCOCCOCCC(=O)Oc1c(F)c(F)c(SO)c(F)c1F)N=N)C(=O)C1=Cc2ccc(-c3cncnc3)cc2N=C(N)C1. The van der Waals surface area contributed by atoms with Crippen molar-refractivity contribution in [3.63, 3.8) is 0 Å². The van der Waals surface area contributed by atoms with Crippen molar-refractivity contribution in [2.75, 3.05) is 152 Å².